The quantitative estimate of drug-likeness (QED) is 0.894. The SMILES string of the molecule is Cc1cccc(NC(=O)[C@H](C)NC(=O)C2CCCCC2)c1. The van der Waals surface area contributed by atoms with Crippen LogP contribution in [-0.2, 0) is 9.59 Å². The minimum absolute atomic E-state index is 0.0154. The number of carbonyl (C=O) groups excluding carboxylic acids is 2. The monoisotopic (exact) mass is 288 g/mol. The molecule has 0 spiro atoms. The van der Waals surface area contributed by atoms with E-state index in [2.05, 4.69) is 10.6 Å². The summed E-state index contributed by atoms with van der Waals surface area (Å²) in [6, 6.07) is 7.12. The summed E-state index contributed by atoms with van der Waals surface area (Å²) in [5.74, 6) is -0.0840. The van der Waals surface area contributed by atoms with Crippen molar-refractivity contribution >= 4 is 17.5 Å². The molecule has 0 bridgehead atoms. The van der Waals surface area contributed by atoms with E-state index in [1.807, 2.05) is 31.2 Å². The second-order valence-corrected chi connectivity index (χ2v) is 5.92. The number of nitrogens with one attached hydrogen (secondary N) is 2. The van der Waals surface area contributed by atoms with Crippen LogP contribution in [0.25, 0.3) is 0 Å². The molecule has 0 radical (unpaired) electrons. The average Bonchev–Trinajstić information content (AvgIpc) is 2.48. The number of benzene rings is 1. The van der Waals surface area contributed by atoms with E-state index < -0.39 is 6.04 Å². The fraction of sp³-hybridized carbons (Fsp3) is 0.529. The first kappa shape index (κ1) is 15.5. The first-order valence-corrected chi connectivity index (χ1v) is 7.74. The minimum Gasteiger partial charge on any atom is -0.344 e. The van der Waals surface area contributed by atoms with Crippen molar-refractivity contribution in [2.45, 2.75) is 52.0 Å². The van der Waals surface area contributed by atoms with Crippen LogP contribution in [0.15, 0.2) is 24.3 Å². The van der Waals surface area contributed by atoms with Crippen LogP contribution in [0.2, 0.25) is 0 Å². The molecule has 0 heterocycles. The van der Waals surface area contributed by atoms with Gasteiger partial charge in [-0.1, -0.05) is 31.4 Å². The zero-order chi connectivity index (χ0) is 15.2. The summed E-state index contributed by atoms with van der Waals surface area (Å²) >= 11 is 0. The molecule has 114 valence electrons. The Labute approximate surface area is 126 Å². The molecule has 1 aromatic rings. The van der Waals surface area contributed by atoms with Gasteiger partial charge in [-0.3, -0.25) is 9.59 Å². The number of aryl methyl sites for hydroxylation is 1. The lowest BCUT2D eigenvalue weighted by atomic mass is 9.88. The smallest absolute Gasteiger partial charge is 0.246 e. The average molecular weight is 288 g/mol. The number of hydrogen-bond acceptors (Lipinski definition) is 2. The zero-order valence-electron chi connectivity index (χ0n) is 12.8. The van der Waals surface area contributed by atoms with Crippen LogP contribution in [0.5, 0.6) is 0 Å². The van der Waals surface area contributed by atoms with Crippen molar-refractivity contribution in [1.82, 2.24) is 5.32 Å². The fourth-order valence-electron chi connectivity index (χ4n) is 2.73. The Bertz CT molecular complexity index is 507. The van der Waals surface area contributed by atoms with E-state index in [4.69, 9.17) is 0 Å². The van der Waals surface area contributed by atoms with E-state index >= 15 is 0 Å². The molecule has 1 aromatic carbocycles. The van der Waals surface area contributed by atoms with Gasteiger partial charge in [-0.15, -0.1) is 0 Å². The number of rotatable bonds is 4. The van der Waals surface area contributed by atoms with Crippen LogP contribution < -0.4 is 10.6 Å². The summed E-state index contributed by atoms with van der Waals surface area (Å²) < 4.78 is 0. The third-order valence-corrected chi connectivity index (χ3v) is 4.01. The van der Waals surface area contributed by atoms with Gasteiger partial charge >= 0.3 is 0 Å². The first-order chi connectivity index (χ1) is 10.1. The van der Waals surface area contributed by atoms with E-state index in [0.29, 0.717) is 0 Å². The van der Waals surface area contributed by atoms with Gasteiger partial charge in [0.05, 0.1) is 0 Å². The molecule has 4 heteroatoms. The number of carbonyl (C=O) groups is 2. The second kappa shape index (κ2) is 7.25. The number of amides is 2. The highest BCUT2D eigenvalue weighted by molar-refractivity contribution is 5.97. The Morgan fingerprint density at radius 1 is 1.19 bits per heavy atom. The highest BCUT2D eigenvalue weighted by atomic mass is 16.2. The van der Waals surface area contributed by atoms with Crippen molar-refractivity contribution in [2.24, 2.45) is 5.92 Å². The summed E-state index contributed by atoms with van der Waals surface area (Å²) in [5.41, 5.74) is 1.85. The van der Waals surface area contributed by atoms with Gasteiger partial charge in [-0.2, -0.15) is 0 Å². The van der Waals surface area contributed by atoms with Crippen LogP contribution in [0.4, 0.5) is 5.69 Å². The minimum atomic E-state index is -0.514. The van der Waals surface area contributed by atoms with Gasteiger partial charge in [0.25, 0.3) is 0 Å². The Hall–Kier alpha value is -1.84. The lowest BCUT2D eigenvalue weighted by molar-refractivity contribution is -0.129. The number of anilines is 1. The third-order valence-electron chi connectivity index (χ3n) is 4.01. The molecular weight excluding hydrogens is 264 g/mol. The van der Waals surface area contributed by atoms with Gasteiger partial charge < -0.3 is 10.6 Å². The highest BCUT2D eigenvalue weighted by Gasteiger charge is 2.24. The molecule has 0 saturated heterocycles. The third kappa shape index (κ3) is 4.59. The molecular formula is C17H24N2O2. The lowest BCUT2D eigenvalue weighted by Crippen LogP contribution is -2.44. The molecule has 1 aliphatic carbocycles. The molecule has 2 rings (SSSR count). The van der Waals surface area contributed by atoms with Crippen molar-refractivity contribution in [2.75, 3.05) is 5.32 Å². The molecule has 1 fully saturated rings. The summed E-state index contributed by atoms with van der Waals surface area (Å²) in [6.07, 6.45) is 5.33. The standard InChI is InChI=1S/C17H24N2O2/c1-12-7-6-10-15(11-12)19-16(20)13(2)18-17(21)14-8-4-3-5-9-14/h6-7,10-11,13-14H,3-5,8-9H2,1-2H3,(H,18,21)(H,19,20)/t13-/m0/s1. The fourth-order valence-corrected chi connectivity index (χ4v) is 2.73. The zero-order valence-corrected chi connectivity index (χ0v) is 12.8. The van der Waals surface area contributed by atoms with Crippen molar-refractivity contribution < 1.29 is 9.59 Å². The van der Waals surface area contributed by atoms with Gasteiger partial charge in [0.15, 0.2) is 0 Å². The summed E-state index contributed by atoms with van der Waals surface area (Å²) in [4.78, 5) is 24.2. The van der Waals surface area contributed by atoms with Crippen molar-refractivity contribution in [3.8, 4) is 0 Å². The Morgan fingerprint density at radius 2 is 1.90 bits per heavy atom. The van der Waals surface area contributed by atoms with Crippen LogP contribution in [-0.4, -0.2) is 17.9 Å². The molecule has 2 amide bonds. The molecule has 0 unspecified atom stereocenters. The Balaban J connectivity index is 1.85. The molecule has 1 saturated carbocycles. The maximum atomic E-state index is 12.1. The van der Waals surface area contributed by atoms with Gasteiger partial charge in [-0.25, -0.2) is 0 Å². The number of hydrogen-bond donors (Lipinski definition) is 2. The van der Waals surface area contributed by atoms with Gasteiger partial charge in [0.2, 0.25) is 11.8 Å². The topological polar surface area (TPSA) is 58.2 Å². The molecule has 1 aliphatic rings. The second-order valence-electron chi connectivity index (χ2n) is 5.92. The molecule has 21 heavy (non-hydrogen) atoms. The van der Waals surface area contributed by atoms with Crippen molar-refractivity contribution in [3.63, 3.8) is 0 Å². The van der Waals surface area contributed by atoms with E-state index in [-0.39, 0.29) is 17.7 Å². The summed E-state index contributed by atoms with van der Waals surface area (Å²) in [5, 5.41) is 5.67. The Morgan fingerprint density at radius 3 is 2.57 bits per heavy atom. The summed E-state index contributed by atoms with van der Waals surface area (Å²) in [6.45, 7) is 3.70. The predicted octanol–water partition coefficient (Wildman–Crippen LogP) is 3.02. The van der Waals surface area contributed by atoms with E-state index in [1.54, 1.807) is 6.92 Å². The highest BCUT2D eigenvalue weighted by Crippen LogP contribution is 2.23. The lowest BCUT2D eigenvalue weighted by Gasteiger charge is -2.23. The van der Waals surface area contributed by atoms with Crippen LogP contribution in [0, 0.1) is 12.8 Å². The van der Waals surface area contributed by atoms with Crippen LogP contribution in [0.3, 0.4) is 0 Å². The van der Waals surface area contributed by atoms with Gasteiger partial charge in [0.1, 0.15) is 6.04 Å². The predicted molar refractivity (Wildman–Crippen MR) is 84.0 cm³/mol. The van der Waals surface area contributed by atoms with Gasteiger partial charge in [0, 0.05) is 11.6 Å². The molecule has 0 aromatic heterocycles. The maximum Gasteiger partial charge on any atom is 0.246 e. The van der Waals surface area contributed by atoms with E-state index in [0.717, 1.165) is 36.9 Å². The van der Waals surface area contributed by atoms with E-state index in [9.17, 15) is 9.59 Å². The van der Waals surface area contributed by atoms with Crippen LogP contribution >= 0.6 is 0 Å². The van der Waals surface area contributed by atoms with E-state index in [1.165, 1.54) is 6.42 Å². The molecule has 4 nitrogen and oxygen atoms in total. The maximum absolute atomic E-state index is 12.1. The largest absolute Gasteiger partial charge is 0.344 e. The summed E-state index contributed by atoms with van der Waals surface area (Å²) in [7, 11) is 0. The van der Waals surface area contributed by atoms with Crippen molar-refractivity contribution in [1.29, 1.82) is 0 Å². The van der Waals surface area contributed by atoms with Crippen LogP contribution in [0.1, 0.15) is 44.6 Å². The van der Waals surface area contributed by atoms with Gasteiger partial charge in [-0.05, 0) is 44.4 Å². The molecule has 0 aliphatic heterocycles. The first-order valence-electron chi connectivity index (χ1n) is 7.74. The van der Waals surface area contributed by atoms with Crippen molar-refractivity contribution in [3.05, 3.63) is 29.8 Å². The molecule has 1 atom stereocenters. The normalized spacial score (nSPS) is 17.0. The Kier molecular flexibility index (Phi) is 5.37. The molecule has 2 N–H and O–H groups in total.